The Kier molecular flexibility index (Phi) is 326. The fourth-order valence-electron chi connectivity index (χ4n) is 0. The Bertz CT molecular complexity index is 125. The summed E-state index contributed by atoms with van der Waals surface area (Å²) < 4.78 is 101. The molecular weight excluding hydrogens is 603 g/mol. The summed E-state index contributed by atoms with van der Waals surface area (Å²) in [6, 6.07) is 0. The van der Waals surface area contributed by atoms with Crippen LogP contribution in [0.1, 0.15) is 0 Å². The second kappa shape index (κ2) is 122. The van der Waals surface area contributed by atoms with Gasteiger partial charge in [0.15, 0.2) is 0 Å². The van der Waals surface area contributed by atoms with Crippen LogP contribution in [-0.2, 0) is 22.8 Å². The summed E-state index contributed by atoms with van der Waals surface area (Å²) in [6.45, 7) is 0. The Morgan fingerprint density at radius 3 is 0.429 bits per heavy atom. The van der Waals surface area contributed by atoms with Crippen molar-refractivity contribution in [2.75, 3.05) is 0 Å². The second-order valence-corrected chi connectivity index (χ2v) is 1.73. The minimum absolute atomic E-state index is 0. The van der Waals surface area contributed by atoms with Gasteiger partial charge in [0.1, 0.15) is 0 Å². The summed E-state index contributed by atoms with van der Waals surface area (Å²) in [7, 11) is 0. The van der Waals surface area contributed by atoms with E-state index in [1.807, 2.05) is 0 Å². The molecule has 0 aliphatic carbocycles. The van der Waals surface area contributed by atoms with Crippen molar-refractivity contribution in [2.24, 2.45) is 0 Å². The maximum Gasteiger partial charge on any atom is 2.00 e. The van der Waals surface area contributed by atoms with E-state index in [2.05, 4.69) is 0 Å². The molecule has 0 fully saturated rings. The molecule has 0 N–H and O–H groups in total. The van der Waals surface area contributed by atoms with Crippen LogP contribution >= 0.6 is 0 Å². The van der Waals surface area contributed by atoms with Gasteiger partial charge in [-0.1, -0.05) is 0 Å². The Labute approximate surface area is 251 Å². The summed E-state index contributed by atoms with van der Waals surface area (Å²) in [5.74, 6) is 0. The number of hydrogen-bond donors (Lipinski definition) is 0. The van der Waals surface area contributed by atoms with Gasteiger partial charge in [0.05, 0.1) is 0 Å². The molecule has 0 rings (SSSR count). The maximum absolute atomic E-state index is 8.46. The van der Waals surface area contributed by atoms with Gasteiger partial charge in [0.2, 0.25) is 0 Å². The first kappa shape index (κ1) is 56.2. The monoisotopic (exact) mass is 604 g/mol. The summed E-state index contributed by atoms with van der Waals surface area (Å²) in [6.07, 6.45) is 0. The van der Waals surface area contributed by atoms with Crippen LogP contribution in [0, 0.1) is 0 Å². The van der Waals surface area contributed by atoms with Crippen LogP contribution in [0.3, 0.4) is 0 Å². The molecule has 21 heteroatoms. The molecular formula is Al6BaMgO12Sr. The molecule has 0 unspecified atom stereocenters. The largest absolute Gasteiger partial charge is 2.00 e. The minimum Gasteiger partial charge on any atom is 2.00 e. The summed E-state index contributed by atoms with van der Waals surface area (Å²) in [5, 5.41) is 0. The van der Waals surface area contributed by atoms with Gasteiger partial charge in [-0.15, -0.1) is 0 Å². The van der Waals surface area contributed by atoms with Crippen molar-refractivity contribution >= 4 is 210 Å². The Morgan fingerprint density at radius 2 is 0.429 bits per heavy atom. The zero-order valence-electron chi connectivity index (χ0n) is 10.5. The van der Waals surface area contributed by atoms with Crippen molar-refractivity contribution in [3.05, 3.63) is 0 Å². The van der Waals surface area contributed by atoms with Crippen molar-refractivity contribution < 1.29 is 47.8 Å². The molecule has 0 aromatic heterocycles. The zero-order chi connectivity index (χ0) is 16.2. The molecule has 0 atom stereocenters. The Balaban J connectivity index is -0.0000000114. The van der Waals surface area contributed by atoms with Crippen LogP contribution in [0.5, 0.6) is 0 Å². The summed E-state index contributed by atoms with van der Waals surface area (Å²) >= 11 is -10.5. The summed E-state index contributed by atoms with van der Waals surface area (Å²) in [4.78, 5) is 0. The fourth-order valence-corrected chi connectivity index (χ4v) is 0. The average Bonchev–Trinajstić information content (AvgIpc) is 2.23. The third kappa shape index (κ3) is 591. The predicted octanol–water partition coefficient (Wildman–Crippen LogP) is -11.3. The van der Waals surface area contributed by atoms with Crippen molar-refractivity contribution in [3.8, 4) is 0 Å². The van der Waals surface area contributed by atoms with Gasteiger partial charge in [-0.3, -0.25) is 0 Å². The predicted molar refractivity (Wildman–Crippen MR) is 55.9 cm³/mol. The average molecular weight is 603 g/mol. The van der Waals surface area contributed by atoms with Crippen LogP contribution in [0.25, 0.3) is 0 Å². The molecule has 96 valence electrons. The normalized spacial score (nSPS) is 2.29. The van der Waals surface area contributed by atoms with Gasteiger partial charge in [-0.2, -0.15) is 0 Å². The molecule has 12 nitrogen and oxygen atoms in total. The molecule has 0 radical (unpaired) electrons. The van der Waals surface area contributed by atoms with Crippen molar-refractivity contribution in [1.29, 1.82) is 0 Å². The number of hydrogen-bond acceptors (Lipinski definition) is 12. The van der Waals surface area contributed by atoms with E-state index in [1.54, 1.807) is 0 Å². The first-order chi connectivity index (χ1) is 8.49. The third-order valence-corrected chi connectivity index (χ3v) is 0. The summed E-state index contributed by atoms with van der Waals surface area (Å²) in [5.41, 5.74) is 0. The van der Waals surface area contributed by atoms with Gasteiger partial charge >= 0.3 is 258 Å². The molecule has 0 aliphatic rings. The quantitative estimate of drug-likeness (QED) is 0.235. The molecule has 0 heterocycles. The van der Waals surface area contributed by atoms with Crippen LogP contribution in [0.15, 0.2) is 0 Å². The smallest absolute Gasteiger partial charge is 2.00 e. The van der Waals surface area contributed by atoms with E-state index in [1.165, 1.54) is 0 Å². The van der Waals surface area contributed by atoms with Crippen LogP contribution in [0.2, 0.25) is 0 Å². The van der Waals surface area contributed by atoms with Gasteiger partial charge in [0, 0.05) is 0 Å². The molecule has 0 amide bonds. The van der Waals surface area contributed by atoms with Crippen LogP contribution in [-0.4, -0.2) is 210 Å². The van der Waals surface area contributed by atoms with Crippen molar-refractivity contribution in [2.45, 2.75) is 0 Å². The molecule has 0 bridgehead atoms. The van der Waals surface area contributed by atoms with Crippen LogP contribution < -0.4 is 24.9 Å². The van der Waals surface area contributed by atoms with Gasteiger partial charge in [0.25, 0.3) is 0 Å². The molecule has 0 saturated heterocycles. The standard InChI is InChI=1S/6Al.Ba.Mg.12O.Sr/q;;;;;;2*+2;;;;;;;6*-1;+2. The SMILES string of the molecule is [Ba+2].[Mg+2].[O]=[Al][O-].[O]=[Al][O-].[O]=[Al][O-].[O]=[Al][O-].[O]=[Al][O-].[O]=[Al][O-].[Sr+2]. The third-order valence-electron chi connectivity index (χ3n) is 0. The van der Waals surface area contributed by atoms with Gasteiger partial charge in [-0.05, 0) is 0 Å². The van der Waals surface area contributed by atoms with Gasteiger partial charge in [-0.25, -0.2) is 0 Å². The molecule has 0 aliphatic heterocycles. The van der Waals surface area contributed by atoms with E-state index in [4.69, 9.17) is 47.8 Å². The molecule has 0 saturated carbocycles. The Hall–Kier alpha value is 4.61. The molecule has 0 spiro atoms. The fraction of sp³-hybridized carbons (Fsp3) is 0. The topological polar surface area (TPSA) is 241 Å². The minimum atomic E-state index is -1.75. The van der Waals surface area contributed by atoms with Gasteiger partial charge < -0.3 is 0 Å². The first-order valence-corrected chi connectivity index (χ1v) is 8.49. The van der Waals surface area contributed by atoms with Crippen molar-refractivity contribution in [1.82, 2.24) is 0 Å². The van der Waals surface area contributed by atoms with Crippen LogP contribution in [0.4, 0.5) is 0 Å². The van der Waals surface area contributed by atoms with E-state index >= 15 is 0 Å². The molecule has 0 aromatic carbocycles. The zero-order valence-corrected chi connectivity index (χ0v) is 26.7. The second-order valence-electron chi connectivity index (χ2n) is 0.577. The van der Waals surface area contributed by atoms with Crippen molar-refractivity contribution in [3.63, 3.8) is 0 Å². The first-order valence-electron chi connectivity index (χ1n) is 2.83. The van der Waals surface area contributed by atoms with E-state index in [9.17, 15) is 0 Å². The van der Waals surface area contributed by atoms with E-state index in [-0.39, 0.29) is 117 Å². The number of rotatable bonds is 0. The Morgan fingerprint density at radius 1 is 0.429 bits per heavy atom. The molecule has 21 heavy (non-hydrogen) atoms. The van der Waals surface area contributed by atoms with E-state index in [0.29, 0.717) is 0 Å². The van der Waals surface area contributed by atoms with E-state index < -0.39 is 92.9 Å². The maximum atomic E-state index is 8.46. The van der Waals surface area contributed by atoms with E-state index in [0.717, 1.165) is 0 Å². The molecule has 0 aromatic rings.